The summed E-state index contributed by atoms with van der Waals surface area (Å²) in [4.78, 5) is 10.8. The zero-order valence-corrected chi connectivity index (χ0v) is 13.1. The predicted octanol–water partition coefficient (Wildman–Crippen LogP) is 1.40. The fourth-order valence-corrected chi connectivity index (χ4v) is 3.46. The summed E-state index contributed by atoms with van der Waals surface area (Å²) in [5, 5.41) is 23.1. The monoisotopic (exact) mass is 306 g/mol. The van der Waals surface area contributed by atoms with E-state index < -0.39 is 0 Å². The van der Waals surface area contributed by atoms with E-state index in [1.807, 2.05) is 13.0 Å². The summed E-state index contributed by atoms with van der Waals surface area (Å²) in [6, 6.07) is 2.03. The average molecular weight is 306 g/mol. The Bertz CT molecular complexity index is 497. The number of rotatable bonds is 4. The number of aliphatic hydroxyl groups excluding tert-OH is 2. The molecule has 2 heterocycles. The molecule has 1 aromatic rings. The minimum atomic E-state index is -0.293. The van der Waals surface area contributed by atoms with Crippen molar-refractivity contribution in [3.63, 3.8) is 0 Å². The number of anilines is 2. The fraction of sp³-hybridized carbons (Fsp3) is 0.750. The molecule has 1 saturated carbocycles. The van der Waals surface area contributed by atoms with E-state index in [-0.39, 0.29) is 18.2 Å². The molecule has 0 amide bonds. The van der Waals surface area contributed by atoms with Crippen LogP contribution in [0, 0.1) is 5.92 Å². The van der Waals surface area contributed by atoms with Crippen LogP contribution in [0.4, 0.5) is 11.6 Å². The first-order chi connectivity index (χ1) is 10.6. The van der Waals surface area contributed by atoms with E-state index in [4.69, 9.17) is 0 Å². The van der Waals surface area contributed by atoms with Gasteiger partial charge in [-0.3, -0.25) is 0 Å². The van der Waals surface area contributed by atoms with Crippen LogP contribution in [-0.4, -0.2) is 51.5 Å². The Labute approximate surface area is 131 Å². The molecular formula is C16H26N4O2. The largest absolute Gasteiger partial charge is 0.393 e. The van der Waals surface area contributed by atoms with Crippen molar-refractivity contribution in [3.05, 3.63) is 12.4 Å². The smallest absolute Gasteiger partial charge is 0.134 e. The van der Waals surface area contributed by atoms with E-state index in [1.54, 1.807) is 6.33 Å². The second-order valence-corrected chi connectivity index (χ2v) is 6.60. The average Bonchev–Trinajstić information content (AvgIpc) is 3.00. The van der Waals surface area contributed by atoms with Crippen LogP contribution in [0.2, 0.25) is 0 Å². The summed E-state index contributed by atoms with van der Waals surface area (Å²) in [5.41, 5.74) is 0. The molecule has 0 radical (unpaired) electrons. The molecule has 0 aromatic carbocycles. The number of nitrogens with zero attached hydrogens (tertiary/aromatic N) is 3. The summed E-state index contributed by atoms with van der Waals surface area (Å²) in [6.07, 6.45) is 6.08. The Morgan fingerprint density at radius 2 is 2.09 bits per heavy atom. The van der Waals surface area contributed by atoms with Crippen molar-refractivity contribution < 1.29 is 10.2 Å². The standard InChI is InChI=1S/C16H26N4O2/c1-11(21)12-6-7-20(9-12)16-8-15(17-10-18-16)19-13-4-2-3-5-14(13)22/h8,10-14,21-22H,2-7,9H2,1H3,(H,17,18,19). The van der Waals surface area contributed by atoms with E-state index >= 15 is 0 Å². The minimum Gasteiger partial charge on any atom is -0.393 e. The number of nitrogens with one attached hydrogen (secondary N) is 1. The number of hydrogen-bond donors (Lipinski definition) is 3. The van der Waals surface area contributed by atoms with Crippen LogP contribution < -0.4 is 10.2 Å². The summed E-state index contributed by atoms with van der Waals surface area (Å²) in [5.74, 6) is 1.98. The number of hydrogen-bond acceptors (Lipinski definition) is 6. The Kier molecular flexibility index (Phi) is 4.78. The Hall–Kier alpha value is -1.40. The minimum absolute atomic E-state index is 0.0836. The topological polar surface area (TPSA) is 81.5 Å². The van der Waals surface area contributed by atoms with Gasteiger partial charge in [0.15, 0.2) is 0 Å². The van der Waals surface area contributed by atoms with Crippen molar-refractivity contribution in [1.29, 1.82) is 0 Å². The van der Waals surface area contributed by atoms with Gasteiger partial charge in [-0.1, -0.05) is 12.8 Å². The van der Waals surface area contributed by atoms with Gasteiger partial charge in [-0.2, -0.15) is 0 Å². The quantitative estimate of drug-likeness (QED) is 0.780. The van der Waals surface area contributed by atoms with Gasteiger partial charge in [-0.25, -0.2) is 9.97 Å². The lowest BCUT2D eigenvalue weighted by Crippen LogP contribution is -2.36. The van der Waals surface area contributed by atoms with Crippen LogP contribution in [0.25, 0.3) is 0 Å². The Morgan fingerprint density at radius 3 is 2.82 bits per heavy atom. The van der Waals surface area contributed by atoms with Crippen LogP contribution in [0.1, 0.15) is 39.0 Å². The molecule has 2 fully saturated rings. The first kappa shape index (κ1) is 15.5. The predicted molar refractivity (Wildman–Crippen MR) is 85.9 cm³/mol. The van der Waals surface area contributed by atoms with Gasteiger partial charge in [0.1, 0.15) is 18.0 Å². The van der Waals surface area contributed by atoms with Gasteiger partial charge >= 0.3 is 0 Å². The molecule has 1 aliphatic carbocycles. The second kappa shape index (κ2) is 6.79. The Balaban J connectivity index is 1.65. The van der Waals surface area contributed by atoms with Crippen LogP contribution in [0.15, 0.2) is 12.4 Å². The van der Waals surface area contributed by atoms with Crippen molar-refractivity contribution in [1.82, 2.24) is 9.97 Å². The maximum Gasteiger partial charge on any atom is 0.134 e. The normalized spacial score (nSPS) is 30.3. The fourth-order valence-electron chi connectivity index (χ4n) is 3.46. The first-order valence-electron chi connectivity index (χ1n) is 8.33. The molecule has 122 valence electrons. The highest BCUT2D eigenvalue weighted by Crippen LogP contribution is 2.26. The van der Waals surface area contributed by atoms with Gasteiger partial charge in [0.05, 0.1) is 18.2 Å². The highest BCUT2D eigenvalue weighted by atomic mass is 16.3. The lowest BCUT2D eigenvalue weighted by atomic mass is 9.93. The molecular weight excluding hydrogens is 280 g/mol. The third kappa shape index (κ3) is 3.50. The molecule has 4 atom stereocenters. The van der Waals surface area contributed by atoms with Crippen molar-refractivity contribution in [2.45, 2.75) is 57.3 Å². The van der Waals surface area contributed by atoms with E-state index in [1.165, 1.54) is 0 Å². The van der Waals surface area contributed by atoms with Gasteiger partial charge in [0.2, 0.25) is 0 Å². The lowest BCUT2D eigenvalue weighted by molar-refractivity contribution is 0.116. The highest BCUT2D eigenvalue weighted by Gasteiger charge is 2.27. The molecule has 6 heteroatoms. The van der Waals surface area contributed by atoms with Crippen LogP contribution in [-0.2, 0) is 0 Å². The summed E-state index contributed by atoms with van der Waals surface area (Å²) >= 11 is 0. The van der Waals surface area contributed by atoms with Crippen LogP contribution >= 0.6 is 0 Å². The van der Waals surface area contributed by atoms with Crippen molar-refractivity contribution in [2.75, 3.05) is 23.3 Å². The van der Waals surface area contributed by atoms with Crippen molar-refractivity contribution in [3.8, 4) is 0 Å². The van der Waals surface area contributed by atoms with Gasteiger partial charge in [-0.05, 0) is 26.2 Å². The molecule has 0 spiro atoms. The maximum atomic E-state index is 10.1. The van der Waals surface area contributed by atoms with E-state index in [0.717, 1.165) is 56.8 Å². The van der Waals surface area contributed by atoms with Crippen molar-refractivity contribution in [2.24, 2.45) is 5.92 Å². The molecule has 1 aliphatic heterocycles. The second-order valence-electron chi connectivity index (χ2n) is 6.60. The molecule has 2 aliphatic rings. The zero-order valence-electron chi connectivity index (χ0n) is 13.1. The SMILES string of the molecule is CC(O)C1CCN(c2cc(NC3CCCCC3O)ncn2)C1. The van der Waals surface area contributed by atoms with Gasteiger partial charge in [0.25, 0.3) is 0 Å². The number of aliphatic hydroxyl groups is 2. The van der Waals surface area contributed by atoms with Crippen LogP contribution in [0.5, 0.6) is 0 Å². The zero-order chi connectivity index (χ0) is 15.5. The molecule has 1 saturated heterocycles. The Morgan fingerprint density at radius 1 is 1.27 bits per heavy atom. The van der Waals surface area contributed by atoms with Crippen molar-refractivity contribution >= 4 is 11.6 Å². The molecule has 6 nitrogen and oxygen atoms in total. The third-order valence-electron chi connectivity index (χ3n) is 4.95. The molecule has 1 aromatic heterocycles. The molecule has 3 N–H and O–H groups in total. The van der Waals surface area contributed by atoms with Gasteiger partial charge in [0, 0.05) is 25.1 Å². The molecule has 22 heavy (non-hydrogen) atoms. The maximum absolute atomic E-state index is 10.1. The highest BCUT2D eigenvalue weighted by molar-refractivity contribution is 5.49. The van der Waals surface area contributed by atoms with E-state index in [0.29, 0.717) is 5.92 Å². The van der Waals surface area contributed by atoms with Crippen LogP contribution in [0.3, 0.4) is 0 Å². The molecule has 0 bridgehead atoms. The van der Waals surface area contributed by atoms with E-state index in [9.17, 15) is 10.2 Å². The summed E-state index contributed by atoms with van der Waals surface area (Å²) < 4.78 is 0. The van der Waals surface area contributed by atoms with Gasteiger partial charge < -0.3 is 20.4 Å². The summed E-state index contributed by atoms with van der Waals surface area (Å²) in [7, 11) is 0. The summed E-state index contributed by atoms with van der Waals surface area (Å²) in [6.45, 7) is 3.60. The third-order valence-corrected chi connectivity index (χ3v) is 4.95. The first-order valence-corrected chi connectivity index (χ1v) is 8.33. The lowest BCUT2D eigenvalue weighted by Gasteiger charge is -2.29. The number of aromatic nitrogens is 2. The molecule has 3 rings (SSSR count). The van der Waals surface area contributed by atoms with Gasteiger partial charge in [-0.15, -0.1) is 0 Å². The molecule has 4 unspecified atom stereocenters. The van der Waals surface area contributed by atoms with E-state index in [2.05, 4.69) is 20.2 Å².